The van der Waals surface area contributed by atoms with Gasteiger partial charge in [-0.3, -0.25) is 0 Å². The van der Waals surface area contributed by atoms with E-state index in [1.807, 2.05) is 6.92 Å². The van der Waals surface area contributed by atoms with E-state index in [0.29, 0.717) is 6.54 Å². The van der Waals surface area contributed by atoms with Gasteiger partial charge in [-0.15, -0.1) is 0 Å². The van der Waals surface area contributed by atoms with Gasteiger partial charge in [-0.25, -0.2) is 4.79 Å². The molecule has 0 saturated heterocycles. The summed E-state index contributed by atoms with van der Waals surface area (Å²) < 4.78 is 0. The Morgan fingerprint density at radius 2 is 2.07 bits per heavy atom. The monoisotopic (exact) mass is 215 g/mol. The standard InChI is InChI=1S/C11H25N3O/c1-4-6-9-13-10(15)14-11(3,5-2)7-8-12/h4-9,12H2,1-3H3,(H2,13,14,15). The van der Waals surface area contributed by atoms with Crippen LogP contribution in [0.3, 0.4) is 0 Å². The lowest BCUT2D eigenvalue weighted by Crippen LogP contribution is -2.51. The van der Waals surface area contributed by atoms with Gasteiger partial charge < -0.3 is 16.4 Å². The van der Waals surface area contributed by atoms with Crippen molar-refractivity contribution in [3.63, 3.8) is 0 Å². The van der Waals surface area contributed by atoms with Crippen LogP contribution in [-0.4, -0.2) is 24.7 Å². The number of unbranched alkanes of at least 4 members (excludes halogenated alkanes) is 1. The largest absolute Gasteiger partial charge is 0.338 e. The van der Waals surface area contributed by atoms with Crippen LogP contribution in [0.2, 0.25) is 0 Å². The molecule has 0 heterocycles. The number of carbonyl (C=O) groups is 1. The molecule has 4 heteroatoms. The second-order valence-corrected chi connectivity index (χ2v) is 4.19. The molecular weight excluding hydrogens is 190 g/mol. The lowest BCUT2D eigenvalue weighted by molar-refractivity contribution is 0.223. The van der Waals surface area contributed by atoms with E-state index in [4.69, 9.17) is 5.73 Å². The van der Waals surface area contributed by atoms with Crippen molar-refractivity contribution in [2.24, 2.45) is 5.73 Å². The minimum absolute atomic E-state index is 0.0822. The van der Waals surface area contributed by atoms with Crippen molar-refractivity contribution in [2.75, 3.05) is 13.1 Å². The quantitative estimate of drug-likeness (QED) is 0.565. The molecule has 0 aromatic heterocycles. The van der Waals surface area contributed by atoms with Crippen LogP contribution < -0.4 is 16.4 Å². The van der Waals surface area contributed by atoms with E-state index in [0.717, 1.165) is 32.2 Å². The molecule has 0 aliphatic heterocycles. The number of amides is 2. The molecule has 90 valence electrons. The summed E-state index contributed by atoms with van der Waals surface area (Å²) in [4.78, 5) is 11.5. The first kappa shape index (κ1) is 14.2. The first-order chi connectivity index (χ1) is 7.08. The number of hydrogen-bond acceptors (Lipinski definition) is 2. The predicted octanol–water partition coefficient (Wildman–Crippen LogP) is 1.60. The highest BCUT2D eigenvalue weighted by atomic mass is 16.2. The van der Waals surface area contributed by atoms with Gasteiger partial charge in [0.2, 0.25) is 0 Å². The van der Waals surface area contributed by atoms with Gasteiger partial charge in [0, 0.05) is 12.1 Å². The Balaban J connectivity index is 3.90. The second-order valence-electron chi connectivity index (χ2n) is 4.19. The molecule has 0 aromatic carbocycles. The van der Waals surface area contributed by atoms with E-state index in [1.165, 1.54) is 0 Å². The van der Waals surface area contributed by atoms with Crippen LogP contribution in [0.1, 0.15) is 46.5 Å². The zero-order valence-electron chi connectivity index (χ0n) is 10.2. The van der Waals surface area contributed by atoms with Gasteiger partial charge >= 0.3 is 6.03 Å². The van der Waals surface area contributed by atoms with Gasteiger partial charge in [0.15, 0.2) is 0 Å². The van der Waals surface area contributed by atoms with Crippen LogP contribution in [-0.2, 0) is 0 Å². The Bertz CT molecular complexity index is 185. The number of hydrogen-bond donors (Lipinski definition) is 3. The van der Waals surface area contributed by atoms with Gasteiger partial charge in [-0.2, -0.15) is 0 Å². The van der Waals surface area contributed by atoms with Crippen molar-refractivity contribution in [1.29, 1.82) is 0 Å². The Kier molecular flexibility index (Phi) is 7.13. The van der Waals surface area contributed by atoms with Gasteiger partial charge in [0.05, 0.1) is 0 Å². The summed E-state index contributed by atoms with van der Waals surface area (Å²) in [5, 5.41) is 5.81. The molecule has 0 fully saturated rings. The molecule has 0 aliphatic carbocycles. The predicted molar refractivity (Wildman–Crippen MR) is 63.8 cm³/mol. The average molecular weight is 215 g/mol. The highest BCUT2D eigenvalue weighted by molar-refractivity contribution is 5.74. The number of carbonyl (C=O) groups excluding carboxylic acids is 1. The van der Waals surface area contributed by atoms with Gasteiger partial charge in [0.25, 0.3) is 0 Å². The first-order valence-electron chi connectivity index (χ1n) is 5.84. The summed E-state index contributed by atoms with van der Waals surface area (Å²) in [7, 11) is 0. The summed E-state index contributed by atoms with van der Waals surface area (Å²) >= 11 is 0. The summed E-state index contributed by atoms with van der Waals surface area (Å²) in [5.74, 6) is 0. The van der Waals surface area contributed by atoms with E-state index in [-0.39, 0.29) is 11.6 Å². The van der Waals surface area contributed by atoms with E-state index in [2.05, 4.69) is 24.5 Å². The topological polar surface area (TPSA) is 67.2 Å². The second kappa shape index (κ2) is 7.51. The van der Waals surface area contributed by atoms with E-state index >= 15 is 0 Å². The van der Waals surface area contributed by atoms with Crippen LogP contribution in [0.25, 0.3) is 0 Å². The lowest BCUT2D eigenvalue weighted by atomic mass is 9.95. The number of urea groups is 1. The summed E-state index contributed by atoms with van der Waals surface area (Å²) in [6.45, 7) is 7.52. The summed E-state index contributed by atoms with van der Waals surface area (Å²) in [6.07, 6.45) is 3.82. The molecule has 0 radical (unpaired) electrons. The maximum absolute atomic E-state index is 11.5. The fraction of sp³-hybridized carbons (Fsp3) is 0.909. The fourth-order valence-corrected chi connectivity index (χ4v) is 1.34. The minimum atomic E-state index is -0.176. The minimum Gasteiger partial charge on any atom is -0.338 e. The number of nitrogens with two attached hydrogens (primary N) is 1. The third-order valence-electron chi connectivity index (χ3n) is 2.71. The molecule has 0 aromatic rings. The van der Waals surface area contributed by atoms with Crippen molar-refractivity contribution in [1.82, 2.24) is 10.6 Å². The Labute approximate surface area is 93.0 Å². The maximum Gasteiger partial charge on any atom is 0.315 e. The molecule has 1 unspecified atom stereocenters. The molecule has 0 rings (SSSR count). The molecule has 2 amide bonds. The van der Waals surface area contributed by atoms with Crippen molar-refractivity contribution in [2.45, 2.75) is 52.0 Å². The molecule has 15 heavy (non-hydrogen) atoms. The number of rotatable bonds is 7. The zero-order valence-corrected chi connectivity index (χ0v) is 10.2. The third-order valence-corrected chi connectivity index (χ3v) is 2.71. The molecule has 4 N–H and O–H groups in total. The summed E-state index contributed by atoms with van der Waals surface area (Å²) in [6, 6.07) is -0.0822. The zero-order chi connectivity index (χ0) is 11.7. The Morgan fingerprint density at radius 1 is 1.40 bits per heavy atom. The molecule has 0 bridgehead atoms. The van der Waals surface area contributed by atoms with E-state index in [9.17, 15) is 4.79 Å². The van der Waals surface area contributed by atoms with Crippen LogP contribution in [0, 0.1) is 0 Å². The molecule has 4 nitrogen and oxygen atoms in total. The van der Waals surface area contributed by atoms with Gasteiger partial charge in [-0.05, 0) is 32.7 Å². The van der Waals surface area contributed by atoms with Gasteiger partial charge in [-0.1, -0.05) is 20.3 Å². The smallest absolute Gasteiger partial charge is 0.315 e. The van der Waals surface area contributed by atoms with Gasteiger partial charge in [0.1, 0.15) is 0 Å². The normalized spacial score (nSPS) is 14.4. The van der Waals surface area contributed by atoms with Crippen LogP contribution in [0.5, 0.6) is 0 Å². The molecule has 0 saturated carbocycles. The average Bonchev–Trinajstić information content (AvgIpc) is 2.18. The highest BCUT2D eigenvalue weighted by Crippen LogP contribution is 2.12. The lowest BCUT2D eigenvalue weighted by Gasteiger charge is -2.29. The fourth-order valence-electron chi connectivity index (χ4n) is 1.34. The number of nitrogens with one attached hydrogen (secondary N) is 2. The van der Waals surface area contributed by atoms with Crippen molar-refractivity contribution >= 4 is 6.03 Å². The first-order valence-corrected chi connectivity index (χ1v) is 5.84. The third kappa shape index (κ3) is 6.33. The highest BCUT2D eigenvalue weighted by Gasteiger charge is 2.22. The van der Waals surface area contributed by atoms with Crippen LogP contribution >= 0.6 is 0 Å². The molecular formula is C11H25N3O. The van der Waals surface area contributed by atoms with Crippen LogP contribution in [0.4, 0.5) is 4.79 Å². The molecule has 0 aliphatic rings. The maximum atomic E-state index is 11.5. The van der Waals surface area contributed by atoms with E-state index in [1.54, 1.807) is 0 Å². The molecule has 1 atom stereocenters. The van der Waals surface area contributed by atoms with Crippen molar-refractivity contribution in [3.8, 4) is 0 Å². The van der Waals surface area contributed by atoms with Crippen molar-refractivity contribution < 1.29 is 4.79 Å². The molecule has 0 spiro atoms. The Hall–Kier alpha value is -0.770. The van der Waals surface area contributed by atoms with Crippen molar-refractivity contribution in [3.05, 3.63) is 0 Å². The van der Waals surface area contributed by atoms with Crippen LogP contribution in [0.15, 0.2) is 0 Å². The Morgan fingerprint density at radius 3 is 2.53 bits per heavy atom. The van der Waals surface area contributed by atoms with E-state index < -0.39 is 0 Å². The summed E-state index contributed by atoms with van der Waals surface area (Å²) in [5.41, 5.74) is 5.34. The SMILES string of the molecule is CCCCNC(=O)NC(C)(CC)CCN.